The number of ether oxygens (including phenoxy) is 1. The summed E-state index contributed by atoms with van der Waals surface area (Å²) < 4.78 is 4.98. The van der Waals surface area contributed by atoms with E-state index in [0.717, 1.165) is 21.8 Å². The Labute approximate surface area is 114 Å². The molecule has 0 radical (unpaired) electrons. The summed E-state index contributed by atoms with van der Waals surface area (Å²) in [5, 5.41) is 3.06. The second kappa shape index (κ2) is 4.55. The molecule has 0 atom stereocenters. The lowest BCUT2D eigenvalue weighted by atomic mass is 10.1. The van der Waals surface area contributed by atoms with Crippen LogP contribution in [0.5, 0.6) is 0 Å². The molecule has 0 amide bonds. The fourth-order valence-corrected chi connectivity index (χ4v) is 2.36. The van der Waals surface area contributed by atoms with Crippen LogP contribution in [0.1, 0.15) is 17.3 Å². The Morgan fingerprint density at radius 1 is 1.32 bits per heavy atom. The summed E-state index contributed by atoms with van der Waals surface area (Å²) in [5.41, 5.74) is 1.22. The van der Waals surface area contributed by atoms with Crippen molar-refractivity contribution < 1.29 is 9.53 Å². The van der Waals surface area contributed by atoms with Crippen molar-refractivity contribution >= 4 is 39.4 Å². The predicted molar refractivity (Wildman–Crippen MR) is 74.6 cm³/mol. The standard InChI is InChI=1S/C14H11ClN2O2/c1-2-19-14(18)8-3-4-9-10-5-6-16-13(10)17-12(15)11(9)7-8/h3-7H,2H2,1H3,(H,16,17). The number of benzene rings is 1. The monoisotopic (exact) mass is 274 g/mol. The molecule has 0 aliphatic rings. The van der Waals surface area contributed by atoms with Gasteiger partial charge in [-0.1, -0.05) is 17.7 Å². The highest BCUT2D eigenvalue weighted by atomic mass is 35.5. The minimum Gasteiger partial charge on any atom is -0.462 e. The second-order valence-electron chi connectivity index (χ2n) is 4.12. The molecule has 3 aromatic rings. The zero-order valence-corrected chi connectivity index (χ0v) is 11.0. The largest absolute Gasteiger partial charge is 0.462 e. The topological polar surface area (TPSA) is 55.0 Å². The van der Waals surface area contributed by atoms with E-state index in [1.165, 1.54) is 0 Å². The Hall–Kier alpha value is -2.07. The van der Waals surface area contributed by atoms with Crippen molar-refractivity contribution in [3.05, 3.63) is 41.2 Å². The highest BCUT2D eigenvalue weighted by molar-refractivity contribution is 6.35. The first-order valence-corrected chi connectivity index (χ1v) is 6.32. The van der Waals surface area contributed by atoms with Crippen LogP contribution < -0.4 is 0 Å². The number of aromatic nitrogens is 2. The molecule has 96 valence electrons. The van der Waals surface area contributed by atoms with Gasteiger partial charge in [0.15, 0.2) is 0 Å². The fraction of sp³-hybridized carbons (Fsp3) is 0.143. The summed E-state index contributed by atoms with van der Waals surface area (Å²) in [6.07, 6.45) is 1.81. The van der Waals surface area contributed by atoms with Gasteiger partial charge in [-0.15, -0.1) is 0 Å². The van der Waals surface area contributed by atoms with Crippen LogP contribution in [-0.2, 0) is 4.74 Å². The van der Waals surface area contributed by atoms with Crippen molar-refractivity contribution in [2.24, 2.45) is 0 Å². The number of pyridine rings is 1. The van der Waals surface area contributed by atoms with Gasteiger partial charge in [-0.2, -0.15) is 0 Å². The van der Waals surface area contributed by atoms with Crippen LogP contribution in [0.4, 0.5) is 0 Å². The van der Waals surface area contributed by atoms with Gasteiger partial charge >= 0.3 is 5.97 Å². The number of nitrogens with zero attached hydrogens (tertiary/aromatic N) is 1. The quantitative estimate of drug-likeness (QED) is 0.574. The van der Waals surface area contributed by atoms with E-state index in [0.29, 0.717) is 17.3 Å². The average Bonchev–Trinajstić information content (AvgIpc) is 2.87. The number of hydrogen-bond donors (Lipinski definition) is 1. The maximum Gasteiger partial charge on any atom is 0.338 e. The zero-order chi connectivity index (χ0) is 13.4. The molecule has 1 N–H and O–H groups in total. The molecular formula is C14H11ClN2O2. The maximum absolute atomic E-state index is 11.7. The number of H-pyrrole nitrogens is 1. The van der Waals surface area contributed by atoms with E-state index in [1.807, 2.05) is 18.3 Å². The molecule has 4 nitrogen and oxygen atoms in total. The van der Waals surface area contributed by atoms with Crippen LogP contribution >= 0.6 is 11.6 Å². The Balaban J connectivity index is 2.25. The molecule has 0 unspecified atom stereocenters. The number of rotatable bonds is 2. The van der Waals surface area contributed by atoms with Gasteiger partial charge in [0, 0.05) is 17.0 Å². The number of carbonyl (C=O) groups excluding carboxylic acids is 1. The second-order valence-corrected chi connectivity index (χ2v) is 4.48. The first-order chi connectivity index (χ1) is 9.20. The smallest absolute Gasteiger partial charge is 0.338 e. The first kappa shape index (κ1) is 12.0. The molecule has 0 bridgehead atoms. The van der Waals surface area contributed by atoms with Crippen LogP contribution in [0.2, 0.25) is 5.15 Å². The lowest BCUT2D eigenvalue weighted by Crippen LogP contribution is -2.04. The Morgan fingerprint density at radius 3 is 2.95 bits per heavy atom. The Kier molecular flexibility index (Phi) is 2.87. The van der Waals surface area contributed by atoms with E-state index in [9.17, 15) is 4.79 Å². The van der Waals surface area contributed by atoms with Gasteiger partial charge in [0.25, 0.3) is 0 Å². The number of halogens is 1. The number of carbonyl (C=O) groups is 1. The van der Waals surface area contributed by atoms with Gasteiger partial charge in [-0.3, -0.25) is 0 Å². The Bertz CT molecular complexity index is 780. The molecule has 0 aliphatic heterocycles. The van der Waals surface area contributed by atoms with E-state index in [4.69, 9.17) is 16.3 Å². The highest BCUT2D eigenvalue weighted by Gasteiger charge is 2.12. The fourth-order valence-electron chi connectivity index (χ4n) is 2.12. The highest BCUT2D eigenvalue weighted by Crippen LogP contribution is 2.29. The zero-order valence-electron chi connectivity index (χ0n) is 10.2. The maximum atomic E-state index is 11.7. The summed E-state index contributed by atoms with van der Waals surface area (Å²) in [5.74, 6) is -0.352. The SMILES string of the molecule is CCOC(=O)c1ccc2c(c1)c(Cl)nc1[nH]ccc12. The van der Waals surface area contributed by atoms with Gasteiger partial charge in [-0.25, -0.2) is 9.78 Å². The van der Waals surface area contributed by atoms with Crippen molar-refractivity contribution in [2.45, 2.75) is 6.92 Å². The molecule has 5 heteroatoms. The van der Waals surface area contributed by atoms with E-state index in [2.05, 4.69) is 9.97 Å². The van der Waals surface area contributed by atoms with Crippen molar-refractivity contribution in [1.82, 2.24) is 9.97 Å². The van der Waals surface area contributed by atoms with E-state index in [1.54, 1.807) is 19.1 Å². The van der Waals surface area contributed by atoms with Crippen LogP contribution in [0.15, 0.2) is 30.5 Å². The van der Waals surface area contributed by atoms with Gasteiger partial charge in [0.05, 0.1) is 12.2 Å². The molecule has 0 aliphatic carbocycles. The number of aromatic amines is 1. The van der Waals surface area contributed by atoms with Gasteiger partial charge in [-0.05, 0) is 30.5 Å². The summed E-state index contributed by atoms with van der Waals surface area (Å²) in [6, 6.07) is 7.26. The minimum absolute atomic E-state index is 0.347. The lowest BCUT2D eigenvalue weighted by molar-refractivity contribution is 0.0526. The normalized spacial score (nSPS) is 11.1. The summed E-state index contributed by atoms with van der Waals surface area (Å²) in [4.78, 5) is 19.0. The summed E-state index contributed by atoms with van der Waals surface area (Å²) >= 11 is 6.16. The molecule has 2 heterocycles. The van der Waals surface area contributed by atoms with E-state index >= 15 is 0 Å². The molecule has 3 rings (SSSR count). The molecule has 1 aromatic carbocycles. The third kappa shape index (κ3) is 1.94. The number of nitrogens with one attached hydrogen (secondary N) is 1. The van der Waals surface area contributed by atoms with Crippen LogP contribution in [0.3, 0.4) is 0 Å². The molecule has 19 heavy (non-hydrogen) atoms. The van der Waals surface area contributed by atoms with Gasteiger partial charge in [0.2, 0.25) is 0 Å². The Morgan fingerprint density at radius 2 is 2.16 bits per heavy atom. The molecule has 0 saturated heterocycles. The molecular weight excluding hydrogens is 264 g/mol. The van der Waals surface area contributed by atoms with Crippen LogP contribution in [0.25, 0.3) is 21.8 Å². The molecule has 0 saturated carbocycles. The van der Waals surface area contributed by atoms with Crippen LogP contribution in [0, 0.1) is 0 Å². The lowest BCUT2D eigenvalue weighted by Gasteiger charge is -2.05. The van der Waals surface area contributed by atoms with Crippen molar-refractivity contribution in [2.75, 3.05) is 6.61 Å². The third-order valence-electron chi connectivity index (χ3n) is 2.98. The van der Waals surface area contributed by atoms with Crippen molar-refractivity contribution in [3.63, 3.8) is 0 Å². The van der Waals surface area contributed by atoms with E-state index < -0.39 is 0 Å². The van der Waals surface area contributed by atoms with Crippen molar-refractivity contribution in [3.8, 4) is 0 Å². The third-order valence-corrected chi connectivity index (χ3v) is 3.27. The average molecular weight is 275 g/mol. The number of fused-ring (bicyclic) bond motifs is 3. The van der Waals surface area contributed by atoms with E-state index in [-0.39, 0.29) is 5.97 Å². The minimum atomic E-state index is -0.352. The van der Waals surface area contributed by atoms with Gasteiger partial charge in [0.1, 0.15) is 10.8 Å². The molecule has 0 fully saturated rings. The molecule has 0 spiro atoms. The summed E-state index contributed by atoms with van der Waals surface area (Å²) in [6.45, 7) is 2.12. The first-order valence-electron chi connectivity index (χ1n) is 5.94. The van der Waals surface area contributed by atoms with Crippen molar-refractivity contribution in [1.29, 1.82) is 0 Å². The number of hydrogen-bond acceptors (Lipinski definition) is 3. The van der Waals surface area contributed by atoms with Crippen LogP contribution in [-0.4, -0.2) is 22.5 Å². The summed E-state index contributed by atoms with van der Waals surface area (Å²) in [7, 11) is 0. The molecule has 2 aromatic heterocycles. The predicted octanol–water partition coefficient (Wildman–Crippen LogP) is 3.55. The van der Waals surface area contributed by atoms with Gasteiger partial charge < -0.3 is 9.72 Å². The number of esters is 1.